The zero-order chi connectivity index (χ0) is 32.5. The van der Waals surface area contributed by atoms with Crippen LogP contribution in [0.2, 0.25) is 0 Å². The van der Waals surface area contributed by atoms with Gasteiger partial charge in [0.2, 0.25) is 0 Å². The van der Waals surface area contributed by atoms with Gasteiger partial charge in [0, 0.05) is 58.4 Å². The van der Waals surface area contributed by atoms with Gasteiger partial charge in [-0.05, 0) is 59.7 Å². The van der Waals surface area contributed by atoms with Crippen molar-refractivity contribution >= 4 is 44.1 Å². The summed E-state index contributed by atoms with van der Waals surface area (Å²) in [5, 5.41) is 0. The van der Waals surface area contributed by atoms with Crippen molar-refractivity contribution < 1.29 is 18.9 Å². The Hall–Kier alpha value is -5.52. The zero-order valence-electron chi connectivity index (χ0n) is 26.7. The van der Waals surface area contributed by atoms with Crippen LogP contribution in [0.1, 0.15) is 46.7 Å². The Morgan fingerprint density at radius 1 is 0.400 bits per heavy atom. The van der Waals surface area contributed by atoms with Gasteiger partial charge in [-0.1, -0.05) is 24.3 Å². The molecule has 50 heavy (non-hydrogen) atoms. The summed E-state index contributed by atoms with van der Waals surface area (Å²) in [6.07, 6.45) is 8.15. The average molecular weight is 657 g/mol. The van der Waals surface area contributed by atoms with Crippen LogP contribution in [-0.4, -0.2) is 55.5 Å². The normalized spacial score (nSPS) is 22.2. The van der Waals surface area contributed by atoms with Crippen molar-refractivity contribution in [2.75, 3.05) is 26.4 Å². The molecule has 0 radical (unpaired) electrons. The molecule has 0 saturated carbocycles. The smallest absolute Gasteiger partial charge is 0.115 e. The molecular weight excluding hydrogens is 628 g/mol. The summed E-state index contributed by atoms with van der Waals surface area (Å²) in [6, 6.07) is 26.2. The molecule has 0 N–H and O–H groups in total. The summed E-state index contributed by atoms with van der Waals surface area (Å²) in [7, 11) is 0. The molecule has 4 unspecified atom stereocenters. The van der Waals surface area contributed by atoms with Gasteiger partial charge in [0.05, 0.1) is 48.5 Å². The van der Waals surface area contributed by atoms with Gasteiger partial charge in [-0.25, -0.2) is 0 Å². The van der Waals surface area contributed by atoms with Gasteiger partial charge in [-0.3, -0.25) is 19.9 Å². The number of pyridine rings is 4. The van der Waals surface area contributed by atoms with E-state index in [1.165, 1.54) is 0 Å². The number of rotatable bonds is 7. The van der Waals surface area contributed by atoms with Crippen molar-refractivity contribution in [2.24, 2.45) is 0 Å². The lowest BCUT2D eigenvalue weighted by Gasteiger charge is -2.11. The van der Waals surface area contributed by atoms with E-state index in [1.807, 2.05) is 24.8 Å². The van der Waals surface area contributed by atoms with Gasteiger partial charge in [0.25, 0.3) is 0 Å². The molecule has 0 amide bonds. The highest BCUT2D eigenvalue weighted by Crippen LogP contribution is 2.40. The van der Waals surface area contributed by atoms with Crippen LogP contribution in [0.5, 0.6) is 0 Å². The molecule has 10 nitrogen and oxygen atoms in total. The van der Waals surface area contributed by atoms with Crippen molar-refractivity contribution in [3.05, 3.63) is 120 Å². The average Bonchev–Trinajstić information content (AvgIpc) is 3.97. The Kier molecular flexibility index (Phi) is 5.48. The van der Waals surface area contributed by atoms with Gasteiger partial charge in [-0.15, -0.1) is 0 Å². The Morgan fingerprint density at radius 3 is 0.900 bits per heavy atom. The topological polar surface area (TPSA) is 112 Å². The molecule has 12 rings (SSSR count). The number of nitrogens with zero attached hydrogens (tertiary/aromatic N) is 6. The van der Waals surface area contributed by atoms with Crippen LogP contribution < -0.4 is 0 Å². The number of hydrogen-bond acceptors (Lipinski definition) is 8. The lowest BCUT2D eigenvalue weighted by Crippen LogP contribution is -1.97. The van der Waals surface area contributed by atoms with Crippen molar-refractivity contribution in [3.8, 4) is 22.5 Å². The summed E-state index contributed by atoms with van der Waals surface area (Å²) < 4.78 is 26.9. The first-order valence-electron chi connectivity index (χ1n) is 17.0. The Morgan fingerprint density at radius 2 is 0.660 bits per heavy atom. The van der Waals surface area contributed by atoms with Crippen LogP contribution in [0.15, 0.2) is 97.6 Å². The third-order valence-corrected chi connectivity index (χ3v) is 10.4. The van der Waals surface area contributed by atoms with Crippen LogP contribution in [0.4, 0.5) is 0 Å². The Balaban J connectivity index is 0.945. The first kappa shape index (κ1) is 27.3. The predicted molar refractivity (Wildman–Crippen MR) is 187 cm³/mol. The van der Waals surface area contributed by atoms with E-state index in [0.29, 0.717) is 0 Å². The molecule has 242 valence electrons. The van der Waals surface area contributed by atoms with E-state index in [9.17, 15) is 0 Å². The highest BCUT2D eigenvalue weighted by atomic mass is 16.6. The predicted octanol–water partition coefficient (Wildman–Crippen LogP) is 7.41. The number of fused-ring (bicyclic) bond motifs is 6. The molecule has 4 aliphatic heterocycles. The number of hydrogen-bond donors (Lipinski definition) is 0. The van der Waals surface area contributed by atoms with Gasteiger partial charge in [0.1, 0.15) is 46.5 Å². The highest BCUT2D eigenvalue weighted by molar-refractivity contribution is 6.06. The second kappa shape index (κ2) is 10.0. The fourth-order valence-electron chi connectivity index (χ4n) is 7.37. The minimum Gasteiger partial charge on any atom is -0.368 e. The standard InChI is InChI=1S/C40H28N6O4/c1-5-27(45-29-9-23(33-17-47-33)13-41-37(29)38-30(45)10-24(14-42-38)34-18-48-34)6-2-21(1)22-3-7-28(8-4-22)46-31-11-25(35-19-49-35)15-43-39(31)40-32(46)12-26(16-44-40)36-20-50-36/h1-16,33-36H,17-20H2. The second-order valence-corrected chi connectivity index (χ2v) is 13.6. The molecule has 8 aromatic rings. The van der Waals surface area contributed by atoms with Crippen molar-refractivity contribution in [3.63, 3.8) is 0 Å². The fraction of sp³-hybridized carbons (Fsp3) is 0.200. The molecule has 10 heterocycles. The number of ether oxygens (including phenoxy) is 4. The lowest BCUT2D eigenvalue weighted by atomic mass is 10.0. The van der Waals surface area contributed by atoms with E-state index in [4.69, 9.17) is 38.9 Å². The molecule has 4 fully saturated rings. The SMILES string of the molecule is c1cc(-n2c3cc(C4CO4)cnc3c3ncc(C4CO4)cc32)ccc1-c1ccc(-n2c3cc(C4CO4)cnc3c3ncc(C4CO4)cc32)cc1. The summed E-state index contributed by atoms with van der Waals surface area (Å²) in [5.41, 5.74) is 16.3. The van der Waals surface area contributed by atoms with E-state index in [1.54, 1.807) is 0 Å². The largest absolute Gasteiger partial charge is 0.368 e. The van der Waals surface area contributed by atoms with Crippen LogP contribution in [0, 0.1) is 0 Å². The minimum atomic E-state index is 0.116. The number of aromatic nitrogens is 6. The maximum Gasteiger partial charge on any atom is 0.115 e. The van der Waals surface area contributed by atoms with Crippen molar-refractivity contribution in [1.82, 2.24) is 29.1 Å². The molecule has 10 heteroatoms. The monoisotopic (exact) mass is 656 g/mol. The summed E-state index contributed by atoms with van der Waals surface area (Å²) in [4.78, 5) is 19.4. The molecule has 0 aliphatic carbocycles. The second-order valence-electron chi connectivity index (χ2n) is 13.6. The first-order chi connectivity index (χ1) is 24.7. The molecule has 2 aromatic carbocycles. The van der Waals surface area contributed by atoms with E-state index in [-0.39, 0.29) is 24.4 Å². The van der Waals surface area contributed by atoms with E-state index in [2.05, 4.69) is 81.9 Å². The molecule has 4 atom stereocenters. The highest BCUT2D eigenvalue weighted by Gasteiger charge is 2.30. The van der Waals surface area contributed by atoms with E-state index in [0.717, 1.165) is 115 Å². The Bertz CT molecular complexity index is 2360. The van der Waals surface area contributed by atoms with Crippen LogP contribution in [-0.2, 0) is 18.9 Å². The maximum absolute atomic E-state index is 5.60. The summed E-state index contributed by atoms with van der Waals surface area (Å²) in [6.45, 7) is 2.94. The number of benzene rings is 2. The van der Waals surface area contributed by atoms with Gasteiger partial charge in [0.15, 0.2) is 0 Å². The van der Waals surface area contributed by atoms with Crippen molar-refractivity contribution in [2.45, 2.75) is 24.4 Å². The van der Waals surface area contributed by atoms with E-state index < -0.39 is 0 Å². The quantitative estimate of drug-likeness (QED) is 0.163. The van der Waals surface area contributed by atoms with Gasteiger partial charge < -0.3 is 28.1 Å². The maximum atomic E-state index is 5.60. The third kappa shape index (κ3) is 4.29. The van der Waals surface area contributed by atoms with Crippen LogP contribution in [0.25, 0.3) is 66.6 Å². The number of epoxide rings is 4. The first-order valence-corrected chi connectivity index (χ1v) is 17.0. The summed E-state index contributed by atoms with van der Waals surface area (Å²) >= 11 is 0. The molecule has 0 spiro atoms. The minimum absolute atomic E-state index is 0.116. The molecular formula is C40H28N6O4. The van der Waals surface area contributed by atoms with Crippen LogP contribution >= 0.6 is 0 Å². The van der Waals surface area contributed by atoms with Gasteiger partial charge >= 0.3 is 0 Å². The fourth-order valence-corrected chi connectivity index (χ4v) is 7.37. The summed E-state index contributed by atoms with van der Waals surface area (Å²) in [5.74, 6) is 0. The van der Waals surface area contributed by atoms with Crippen molar-refractivity contribution in [1.29, 1.82) is 0 Å². The Labute approximate surface area is 284 Å². The molecule has 4 saturated heterocycles. The third-order valence-electron chi connectivity index (χ3n) is 10.4. The van der Waals surface area contributed by atoms with Gasteiger partial charge in [-0.2, -0.15) is 0 Å². The molecule has 0 bridgehead atoms. The van der Waals surface area contributed by atoms with Crippen LogP contribution in [0.3, 0.4) is 0 Å². The van der Waals surface area contributed by atoms with E-state index >= 15 is 0 Å². The molecule has 6 aromatic heterocycles. The zero-order valence-corrected chi connectivity index (χ0v) is 26.7. The lowest BCUT2D eigenvalue weighted by molar-refractivity contribution is 0.415. The molecule has 4 aliphatic rings.